The van der Waals surface area contributed by atoms with Crippen LogP contribution in [0.2, 0.25) is 0 Å². The van der Waals surface area contributed by atoms with Gasteiger partial charge in [0.05, 0.1) is 28.0 Å². The number of aliphatic hydroxyl groups excluding tert-OH is 1. The largest absolute Gasteiger partial charge is 0.418 e. The van der Waals surface area contributed by atoms with Crippen LogP contribution in [-0.2, 0) is 23.9 Å². The predicted octanol–water partition coefficient (Wildman–Crippen LogP) is 3.23. The summed E-state index contributed by atoms with van der Waals surface area (Å²) in [6, 6.07) is 4.31. The Balaban J connectivity index is 1.10. The predicted molar refractivity (Wildman–Crippen MR) is 141 cm³/mol. The second-order valence-electron chi connectivity index (χ2n) is 10.5. The summed E-state index contributed by atoms with van der Waals surface area (Å²) in [7, 11) is 1.66. The first-order valence-corrected chi connectivity index (χ1v) is 13.9. The average molecular weight is 567 g/mol. The molecule has 1 amide bonds. The van der Waals surface area contributed by atoms with E-state index >= 15 is 0 Å². The summed E-state index contributed by atoms with van der Waals surface area (Å²) >= 11 is 1.59. The third-order valence-corrected chi connectivity index (χ3v) is 9.14. The van der Waals surface area contributed by atoms with Crippen LogP contribution in [0.1, 0.15) is 54.2 Å². The maximum Gasteiger partial charge on any atom is 0.418 e. The molecule has 0 bridgehead atoms. The van der Waals surface area contributed by atoms with E-state index in [-0.39, 0.29) is 29.9 Å². The van der Waals surface area contributed by atoms with Gasteiger partial charge in [-0.1, -0.05) is 13.0 Å². The number of nitrogens with zero attached hydrogens (tertiary/aromatic N) is 4. The molecule has 39 heavy (non-hydrogen) atoms. The van der Waals surface area contributed by atoms with Crippen LogP contribution in [-0.4, -0.2) is 73.7 Å². The summed E-state index contributed by atoms with van der Waals surface area (Å²) in [5.74, 6) is 0.0377. The van der Waals surface area contributed by atoms with E-state index in [0.717, 1.165) is 42.2 Å². The maximum absolute atomic E-state index is 13.0. The van der Waals surface area contributed by atoms with Crippen molar-refractivity contribution in [2.75, 3.05) is 25.0 Å². The first-order valence-electron chi connectivity index (χ1n) is 13.1. The lowest BCUT2D eigenvalue weighted by Crippen LogP contribution is -2.63. The average Bonchev–Trinajstić information content (AvgIpc) is 3.49. The van der Waals surface area contributed by atoms with Gasteiger partial charge < -0.3 is 20.8 Å². The van der Waals surface area contributed by atoms with Crippen molar-refractivity contribution in [2.24, 2.45) is 7.05 Å². The van der Waals surface area contributed by atoms with Crippen LogP contribution in [0.25, 0.3) is 10.9 Å². The highest BCUT2D eigenvalue weighted by molar-refractivity contribution is 7.11. The fourth-order valence-electron chi connectivity index (χ4n) is 5.50. The lowest BCUT2D eigenvalue weighted by Gasteiger charge is -2.48. The van der Waals surface area contributed by atoms with Gasteiger partial charge in [0, 0.05) is 37.8 Å². The molecular formula is C26H33F3N6O3S. The normalized spacial score (nSPS) is 23.5. The number of alkyl halides is 3. The lowest BCUT2D eigenvalue weighted by molar-refractivity contribution is -0.206. The zero-order valence-corrected chi connectivity index (χ0v) is 22.6. The smallest absolute Gasteiger partial charge is 0.384 e. The molecule has 2 aliphatic rings. The van der Waals surface area contributed by atoms with E-state index in [1.165, 1.54) is 22.9 Å². The van der Waals surface area contributed by atoms with Crippen LogP contribution in [0.15, 0.2) is 24.4 Å². The van der Waals surface area contributed by atoms with Crippen molar-refractivity contribution >= 4 is 34.0 Å². The molecule has 0 spiro atoms. The highest BCUT2D eigenvalue weighted by atomic mass is 32.1. The molecule has 9 nitrogen and oxygen atoms in total. The Morgan fingerprint density at radius 3 is 2.64 bits per heavy atom. The molecule has 1 unspecified atom stereocenters. The summed E-state index contributed by atoms with van der Waals surface area (Å²) in [6.07, 6.45) is -1.54. The topological polar surface area (TPSA) is 116 Å². The molecule has 1 saturated heterocycles. The summed E-state index contributed by atoms with van der Waals surface area (Å²) in [6.45, 7) is 3.45. The Labute approximate surface area is 228 Å². The molecule has 4 N–H and O–H groups in total. The van der Waals surface area contributed by atoms with Crippen LogP contribution in [0, 0.1) is 0 Å². The second-order valence-corrected chi connectivity index (χ2v) is 11.6. The van der Waals surface area contributed by atoms with Gasteiger partial charge in [-0.15, -0.1) is 11.3 Å². The number of aliphatic hydroxyl groups is 2. The molecule has 2 aromatic heterocycles. The van der Waals surface area contributed by atoms with Gasteiger partial charge in [0.25, 0.3) is 0 Å². The zero-order valence-electron chi connectivity index (χ0n) is 21.8. The van der Waals surface area contributed by atoms with Crippen LogP contribution in [0.4, 0.5) is 19.0 Å². The highest BCUT2D eigenvalue weighted by Gasteiger charge is 2.41. The summed E-state index contributed by atoms with van der Waals surface area (Å²) in [4.78, 5) is 20.2. The van der Waals surface area contributed by atoms with E-state index in [1.54, 1.807) is 18.4 Å². The fraction of sp³-hybridized carbons (Fsp3) is 0.577. The van der Waals surface area contributed by atoms with Crippen molar-refractivity contribution in [1.82, 2.24) is 25.0 Å². The number of hydrogen-bond acceptors (Lipinski definition) is 8. The molecule has 3 heterocycles. The molecule has 0 radical (unpaired) electrons. The Morgan fingerprint density at radius 1 is 1.28 bits per heavy atom. The van der Waals surface area contributed by atoms with Crippen molar-refractivity contribution < 1.29 is 28.2 Å². The molecular weight excluding hydrogens is 533 g/mol. The number of carbonyl (C=O) groups excluding carboxylic acids is 1. The first kappa shape index (κ1) is 27.8. The molecule has 212 valence electrons. The van der Waals surface area contributed by atoms with E-state index in [4.69, 9.17) is 0 Å². The third kappa shape index (κ3) is 5.76. The van der Waals surface area contributed by atoms with E-state index in [0.29, 0.717) is 29.8 Å². The summed E-state index contributed by atoms with van der Waals surface area (Å²) in [5.41, 5.74) is -0.511. The number of rotatable bonds is 8. The fourth-order valence-corrected chi connectivity index (χ4v) is 6.50. The number of anilines is 1. The summed E-state index contributed by atoms with van der Waals surface area (Å²) in [5, 5.41) is 32.4. The molecule has 1 aliphatic carbocycles. The molecule has 13 heteroatoms. The molecule has 1 aliphatic heterocycles. The monoisotopic (exact) mass is 566 g/mol. The van der Waals surface area contributed by atoms with Gasteiger partial charge in [0.2, 0.25) is 5.91 Å². The molecule has 1 atom stereocenters. The minimum atomic E-state index is -4.78. The Hall–Kier alpha value is -2.74. The quantitative estimate of drug-likeness (QED) is 0.331. The van der Waals surface area contributed by atoms with Gasteiger partial charge in [-0.3, -0.25) is 14.4 Å². The molecule has 5 rings (SSSR count). The number of likely N-dealkylation sites (tertiary alicyclic amines) is 1. The van der Waals surface area contributed by atoms with Crippen molar-refractivity contribution in [3.05, 3.63) is 39.8 Å². The first-order chi connectivity index (χ1) is 18.5. The van der Waals surface area contributed by atoms with E-state index in [1.807, 2.05) is 6.20 Å². The highest BCUT2D eigenvalue weighted by Crippen LogP contribution is 2.41. The van der Waals surface area contributed by atoms with E-state index in [9.17, 15) is 28.2 Å². The molecule has 1 saturated carbocycles. The summed E-state index contributed by atoms with van der Waals surface area (Å²) < 4.78 is 40.4. The second kappa shape index (κ2) is 10.7. The van der Waals surface area contributed by atoms with Crippen molar-refractivity contribution in [2.45, 2.75) is 69.0 Å². The Kier molecular flexibility index (Phi) is 7.61. The number of benzene rings is 1. The zero-order chi connectivity index (χ0) is 27.9. The number of thiazole rings is 1. The number of hydrogen-bond donors (Lipinski definition) is 4. The van der Waals surface area contributed by atoms with Gasteiger partial charge in [0.15, 0.2) is 11.9 Å². The minimum absolute atomic E-state index is 0.0164. The Morgan fingerprint density at radius 2 is 2.00 bits per heavy atom. The number of carbonyl (C=O) groups is 1. The van der Waals surface area contributed by atoms with Gasteiger partial charge in [0.1, 0.15) is 5.60 Å². The van der Waals surface area contributed by atoms with Gasteiger partial charge in [-0.05, 0) is 49.8 Å². The van der Waals surface area contributed by atoms with Crippen LogP contribution < -0.4 is 10.6 Å². The SMILES string of the molecule is CCc1ncc([C@]2(O)CC[C@H](N3CC(NC(=O)CNc4nn(C)c5ccc(C(O)C(F)(F)F)cc45)C3)CC2)s1. The maximum atomic E-state index is 13.0. The standard InChI is InChI=1S/C26H33F3N6O3S/c1-3-22-30-11-20(39-22)25(38)8-6-17(7-9-25)35-13-16(14-35)32-21(36)12-31-24-18-10-15(23(37)26(27,28)29)4-5-19(18)34(2)33-24/h4-5,10-11,16-17,23,37-38H,3,6-9,12-14H2,1-2H3,(H,31,33)(H,32,36)/t17-,23?,25-. The number of fused-ring (bicyclic) bond motifs is 1. The number of nitrogens with one attached hydrogen (secondary N) is 2. The van der Waals surface area contributed by atoms with Crippen LogP contribution in [0.5, 0.6) is 0 Å². The van der Waals surface area contributed by atoms with Gasteiger partial charge >= 0.3 is 6.18 Å². The van der Waals surface area contributed by atoms with Crippen LogP contribution in [0.3, 0.4) is 0 Å². The van der Waals surface area contributed by atoms with E-state index < -0.39 is 17.9 Å². The van der Waals surface area contributed by atoms with Gasteiger partial charge in [-0.2, -0.15) is 18.3 Å². The number of amides is 1. The third-order valence-electron chi connectivity index (χ3n) is 7.80. The number of halogens is 3. The van der Waals surface area contributed by atoms with E-state index in [2.05, 4.69) is 32.5 Å². The minimum Gasteiger partial charge on any atom is -0.384 e. The number of aromatic nitrogens is 3. The lowest BCUT2D eigenvalue weighted by atomic mass is 9.80. The van der Waals surface area contributed by atoms with Crippen molar-refractivity contribution in [3.63, 3.8) is 0 Å². The molecule has 3 aromatic rings. The molecule has 2 fully saturated rings. The van der Waals surface area contributed by atoms with Crippen molar-refractivity contribution in [1.29, 1.82) is 0 Å². The molecule has 1 aromatic carbocycles. The number of aryl methyl sites for hydroxylation is 2. The van der Waals surface area contributed by atoms with Crippen LogP contribution >= 0.6 is 11.3 Å². The van der Waals surface area contributed by atoms with Crippen molar-refractivity contribution in [3.8, 4) is 0 Å². The Bertz CT molecular complexity index is 1330. The van der Waals surface area contributed by atoms with Gasteiger partial charge in [-0.25, -0.2) is 4.98 Å².